The van der Waals surface area contributed by atoms with Gasteiger partial charge in [0.15, 0.2) is 0 Å². The average molecular weight is 266 g/mol. The predicted molar refractivity (Wildman–Crippen MR) is 79.5 cm³/mol. The minimum absolute atomic E-state index is 0.0986. The molecule has 2 aromatic rings. The van der Waals surface area contributed by atoms with Gasteiger partial charge in [0.2, 0.25) is 0 Å². The van der Waals surface area contributed by atoms with Gasteiger partial charge < -0.3 is 4.74 Å². The van der Waals surface area contributed by atoms with Crippen molar-refractivity contribution in [1.29, 1.82) is 0 Å². The maximum absolute atomic E-state index is 12.1. The number of hydrogen-bond donors (Lipinski definition) is 0. The molecule has 0 saturated heterocycles. The Morgan fingerprint density at radius 2 is 1.55 bits per heavy atom. The highest BCUT2D eigenvalue weighted by Crippen LogP contribution is 2.48. The fourth-order valence-electron chi connectivity index (χ4n) is 3.14. The molecule has 0 radical (unpaired) electrons. The Morgan fingerprint density at radius 3 is 2.05 bits per heavy atom. The molecule has 0 saturated carbocycles. The van der Waals surface area contributed by atoms with Crippen molar-refractivity contribution in [3.63, 3.8) is 0 Å². The van der Waals surface area contributed by atoms with Crippen molar-refractivity contribution in [1.82, 2.24) is 0 Å². The first-order valence-corrected chi connectivity index (χ1v) is 7.09. The van der Waals surface area contributed by atoms with Gasteiger partial charge in [-0.25, -0.2) is 0 Å². The molecule has 2 heteroatoms. The minimum atomic E-state index is -0.167. The van der Waals surface area contributed by atoms with Crippen LogP contribution in [0, 0.1) is 5.92 Å². The van der Waals surface area contributed by atoms with Gasteiger partial charge in [-0.2, -0.15) is 0 Å². The molecule has 2 aromatic carbocycles. The van der Waals surface area contributed by atoms with Gasteiger partial charge in [-0.15, -0.1) is 0 Å². The summed E-state index contributed by atoms with van der Waals surface area (Å²) in [7, 11) is 0. The van der Waals surface area contributed by atoms with Crippen molar-refractivity contribution in [3.8, 4) is 11.1 Å². The van der Waals surface area contributed by atoms with Gasteiger partial charge >= 0.3 is 5.97 Å². The fraction of sp³-hybridized carbons (Fsp3) is 0.278. The number of ether oxygens (including phenoxy) is 1. The van der Waals surface area contributed by atoms with Crippen molar-refractivity contribution in [2.75, 3.05) is 6.61 Å². The van der Waals surface area contributed by atoms with Gasteiger partial charge in [0.1, 0.15) is 0 Å². The number of carbonyl (C=O) groups excluding carboxylic acids is 1. The second-order valence-corrected chi connectivity index (χ2v) is 5.19. The number of rotatable bonds is 3. The van der Waals surface area contributed by atoms with Crippen molar-refractivity contribution in [3.05, 3.63) is 59.7 Å². The number of hydrogen-bond acceptors (Lipinski definition) is 2. The van der Waals surface area contributed by atoms with Gasteiger partial charge in [-0.3, -0.25) is 4.79 Å². The van der Waals surface area contributed by atoms with Crippen molar-refractivity contribution in [2.24, 2.45) is 5.92 Å². The van der Waals surface area contributed by atoms with E-state index in [4.69, 9.17) is 4.74 Å². The molecule has 0 aromatic heterocycles. The molecule has 0 heterocycles. The predicted octanol–water partition coefficient (Wildman–Crippen LogP) is 4.00. The largest absolute Gasteiger partial charge is 0.466 e. The lowest BCUT2D eigenvalue weighted by atomic mass is 9.85. The fourth-order valence-corrected chi connectivity index (χ4v) is 3.14. The van der Waals surface area contributed by atoms with E-state index in [1.54, 1.807) is 0 Å². The van der Waals surface area contributed by atoms with Crippen molar-refractivity contribution in [2.45, 2.75) is 19.8 Å². The molecular formula is C18H18O2. The zero-order chi connectivity index (χ0) is 14.1. The zero-order valence-corrected chi connectivity index (χ0v) is 11.8. The van der Waals surface area contributed by atoms with E-state index < -0.39 is 0 Å². The molecule has 0 amide bonds. The summed E-state index contributed by atoms with van der Waals surface area (Å²) in [5.74, 6) is -0.190. The Labute approximate surface area is 119 Å². The second kappa shape index (κ2) is 5.12. The lowest BCUT2D eigenvalue weighted by Crippen LogP contribution is -2.21. The van der Waals surface area contributed by atoms with Crippen LogP contribution < -0.4 is 0 Å². The summed E-state index contributed by atoms with van der Waals surface area (Å²) < 4.78 is 5.21. The summed E-state index contributed by atoms with van der Waals surface area (Å²) in [6.07, 6.45) is 0. The van der Waals surface area contributed by atoms with Crippen LogP contribution >= 0.6 is 0 Å². The summed E-state index contributed by atoms with van der Waals surface area (Å²) in [4.78, 5) is 12.1. The quantitative estimate of drug-likeness (QED) is 0.785. The molecule has 0 N–H and O–H groups in total. The monoisotopic (exact) mass is 266 g/mol. The molecule has 1 atom stereocenters. The van der Waals surface area contributed by atoms with Gasteiger partial charge in [0, 0.05) is 5.92 Å². The third kappa shape index (κ3) is 1.92. The third-order valence-electron chi connectivity index (χ3n) is 4.04. The maximum Gasteiger partial charge on any atom is 0.309 e. The molecular weight excluding hydrogens is 248 g/mol. The summed E-state index contributed by atoms with van der Waals surface area (Å²) in [6.45, 7) is 4.24. The SMILES string of the molecule is CCOC(=O)C(C)C1c2ccccc2-c2ccccc21. The van der Waals surface area contributed by atoms with E-state index >= 15 is 0 Å². The molecule has 1 aliphatic carbocycles. The first-order valence-electron chi connectivity index (χ1n) is 7.09. The Morgan fingerprint density at radius 1 is 1.05 bits per heavy atom. The number of esters is 1. The Kier molecular flexibility index (Phi) is 3.31. The topological polar surface area (TPSA) is 26.3 Å². The molecule has 3 rings (SSSR count). The number of benzene rings is 2. The first-order chi connectivity index (χ1) is 9.74. The standard InChI is InChI=1S/C18H18O2/c1-3-20-18(19)12(2)17-15-10-6-4-8-13(15)14-9-5-7-11-16(14)17/h4-12,17H,3H2,1-2H3. The van der Waals surface area contributed by atoms with Gasteiger partial charge in [0.05, 0.1) is 12.5 Å². The average Bonchev–Trinajstić information content (AvgIpc) is 2.81. The highest BCUT2D eigenvalue weighted by atomic mass is 16.5. The molecule has 20 heavy (non-hydrogen) atoms. The van der Waals surface area contributed by atoms with E-state index in [-0.39, 0.29) is 17.8 Å². The van der Waals surface area contributed by atoms with Crippen molar-refractivity contribution >= 4 is 5.97 Å². The lowest BCUT2D eigenvalue weighted by Gasteiger charge is -2.20. The molecule has 102 valence electrons. The molecule has 0 bridgehead atoms. The van der Waals surface area contributed by atoms with Crippen LogP contribution in [0.1, 0.15) is 30.9 Å². The maximum atomic E-state index is 12.1. The van der Waals surface area contributed by atoms with E-state index in [0.29, 0.717) is 6.61 Å². The Balaban J connectivity index is 2.09. The second-order valence-electron chi connectivity index (χ2n) is 5.19. The van der Waals surface area contributed by atoms with Crippen molar-refractivity contribution < 1.29 is 9.53 Å². The summed E-state index contributed by atoms with van der Waals surface area (Å²) in [6, 6.07) is 16.7. The van der Waals surface area contributed by atoms with Crippen LogP contribution in [-0.2, 0) is 9.53 Å². The van der Waals surface area contributed by atoms with E-state index in [9.17, 15) is 4.79 Å². The molecule has 2 nitrogen and oxygen atoms in total. The first kappa shape index (κ1) is 12.9. The summed E-state index contributed by atoms with van der Waals surface area (Å²) in [5, 5.41) is 0. The van der Waals surface area contributed by atoms with E-state index in [2.05, 4.69) is 24.3 Å². The highest BCUT2D eigenvalue weighted by molar-refractivity contribution is 5.83. The molecule has 0 fully saturated rings. The van der Waals surface area contributed by atoms with E-state index in [0.717, 1.165) is 0 Å². The van der Waals surface area contributed by atoms with E-state index in [1.807, 2.05) is 38.1 Å². The smallest absolute Gasteiger partial charge is 0.309 e. The molecule has 1 aliphatic rings. The van der Waals surface area contributed by atoms with Crippen LogP contribution in [-0.4, -0.2) is 12.6 Å². The normalized spacial score (nSPS) is 14.5. The molecule has 0 spiro atoms. The van der Waals surface area contributed by atoms with Crippen LogP contribution in [0.25, 0.3) is 11.1 Å². The highest BCUT2D eigenvalue weighted by Gasteiger charge is 2.35. The Hall–Kier alpha value is -2.09. The van der Waals surface area contributed by atoms with Gasteiger partial charge in [-0.1, -0.05) is 55.5 Å². The zero-order valence-electron chi connectivity index (χ0n) is 11.8. The number of fused-ring (bicyclic) bond motifs is 3. The molecule has 1 unspecified atom stereocenters. The lowest BCUT2D eigenvalue weighted by molar-refractivity contribution is -0.147. The van der Waals surface area contributed by atoms with Crippen LogP contribution in [0.5, 0.6) is 0 Å². The summed E-state index contributed by atoms with van der Waals surface area (Å²) in [5.41, 5.74) is 4.94. The van der Waals surface area contributed by atoms with Crippen LogP contribution in [0.4, 0.5) is 0 Å². The number of carbonyl (C=O) groups is 1. The summed E-state index contributed by atoms with van der Waals surface area (Å²) >= 11 is 0. The molecule has 0 aliphatic heterocycles. The van der Waals surface area contributed by atoms with E-state index in [1.165, 1.54) is 22.3 Å². The minimum Gasteiger partial charge on any atom is -0.466 e. The van der Waals surface area contributed by atoms with Gasteiger partial charge in [-0.05, 0) is 29.2 Å². The van der Waals surface area contributed by atoms with Crippen LogP contribution in [0.15, 0.2) is 48.5 Å². The third-order valence-corrected chi connectivity index (χ3v) is 4.04. The van der Waals surface area contributed by atoms with Gasteiger partial charge in [0.25, 0.3) is 0 Å². The van der Waals surface area contributed by atoms with Crippen LogP contribution in [0.3, 0.4) is 0 Å². The van der Waals surface area contributed by atoms with Crippen LogP contribution in [0.2, 0.25) is 0 Å². The Bertz CT molecular complexity index is 600.